The van der Waals surface area contributed by atoms with Crippen molar-refractivity contribution in [3.05, 3.63) is 52.6 Å². The highest BCUT2D eigenvalue weighted by Crippen LogP contribution is 2.22. The first-order valence-electron chi connectivity index (χ1n) is 8.67. The Hall–Kier alpha value is -2.96. The molecule has 0 aliphatic carbocycles. The van der Waals surface area contributed by atoms with Crippen molar-refractivity contribution in [3.63, 3.8) is 0 Å². The van der Waals surface area contributed by atoms with Crippen molar-refractivity contribution in [3.8, 4) is 23.0 Å². The number of rotatable bonds is 6. The zero-order valence-corrected chi connectivity index (χ0v) is 15.5. The third-order valence-electron chi connectivity index (χ3n) is 4.39. The van der Waals surface area contributed by atoms with Crippen molar-refractivity contribution in [2.45, 2.75) is 26.7 Å². The van der Waals surface area contributed by atoms with E-state index in [1.807, 2.05) is 24.3 Å². The first-order chi connectivity index (χ1) is 12.5. The molecule has 0 saturated heterocycles. The normalized spacial score (nSPS) is 12.2. The van der Waals surface area contributed by atoms with Crippen LogP contribution in [0.4, 0.5) is 0 Å². The fourth-order valence-electron chi connectivity index (χ4n) is 2.59. The lowest BCUT2D eigenvalue weighted by Crippen LogP contribution is -2.18. The molecule has 1 unspecified atom stereocenters. The second-order valence-electron chi connectivity index (χ2n) is 6.36. The summed E-state index contributed by atoms with van der Waals surface area (Å²) in [5, 5.41) is 9.02. The summed E-state index contributed by atoms with van der Waals surface area (Å²) in [6.07, 6.45) is 1.85. The van der Waals surface area contributed by atoms with E-state index in [-0.39, 0.29) is 5.56 Å². The minimum absolute atomic E-state index is 0.163. The molecule has 2 heterocycles. The highest BCUT2D eigenvalue weighted by atomic mass is 16.5. The van der Waals surface area contributed by atoms with Crippen molar-refractivity contribution in [2.24, 2.45) is 13.0 Å². The molecule has 7 heteroatoms. The number of benzene rings is 1. The van der Waals surface area contributed by atoms with Crippen LogP contribution in [-0.2, 0) is 13.5 Å². The van der Waals surface area contributed by atoms with Crippen LogP contribution in [0.5, 0.6) is 5.75 Å². The first kappa shape index (κ1) is 17.8. The summed E-state index contributed by atoms with van der Waals surface area (Å²) in [5.41, 5.74) is 1.30. The monoisotopic (exact) mass is 353 g/mol. The third-order valence-corrected chi connectivity index (χ3v) is 4.39. The molecule has 1 atom stereocenters. The van der Waals surface area contributed by atoms with Crippen LogP contribution >= 0.6 is 0 Å². The Morgan fingerprint density at radius 3 is 2.46 bits per heavy atom. The van der Waals surface area contributed by atoms with E-state index in [1.165, 1.54) is 10.7 Å². The van der Waals surface area contributed by atoms with Gasteiger partial charge >= 0.3 is 0 Å². The van der Waals surface area contributed by atoms with E-state index in [0.717, 1.165) is 30.1 Å². The van der Waals surface area contributed by atoms with E-state index in [4.69, 9.17) is 9.72 Å². The summed E-state index contributed by atoms with van der Waals surface area (Å²) in [5.74, 6) is 2.64. The minimum atomic E-state index is -0.163. The maximum Gasteiger partial charge on any atom is 0.266 e. The van der Waals surface area contributed by atoms with Gasteiger partial charge in [-0.15, -0.1) is 0 Å². The number of nitrogens with zero attached hydrogens (tertiary/aromatic N) is 5. The molecule has 0 aliphatic heterocycles. The molecular weight excluding hydrogens is 330 g/mol. The summed E-state index contributed by atoms with van der Waals surface area (Å²) in [4.78, 5) is 16.4. The predicted molar refractivity (Wildman–Crippen MR) is 99.5 cm³/mol. The van der Waals surface area contributed by atoms with E-state index in [0.29, 0.717) is 17.4 Å². The number of hydrogen-bond acceptors (Lipinski definition) is 5. The molecule has 0 N–H and O–H groups in total. The third kappa shape index (κ3) is 3.66. The predicted octanol–water partition coefficient (Wildman–Crippen LogP) is 2.63. The molecule has 0 amide bonds. The van der Waals surface area contributed by atoms with Crippen LogP contribution in [0, 0.1) is 5.92 Å². The molecule has 136 valence electrons. The fraction of sp³-hybridized carbons (Fsp3) is 0.368. The Balaban J connectivity index is 2.10. The maximum atomic E-state index is 11.7. The van der Waals surface area contributed by atoms with Crippen molar-refractivity contribution in [1.82, 2.24) is 24.5 Å². The molecule has 0 saturated carbocycles. The summed E-state index contributed by atoms with van der Waals surface area (Å²) >= 11 is 0. The van der Waals surface area contributed by atoms with E-state index < -0.39 is 0 Å². The van der Waals surface area contributed by atoms with Crippen LogP contribution in [0.3, 0.4) is 0 Å². The van der Waals surface area contributed by atoms with Crippen LogP contribution in [-0.4, -0.2) is 31.7 Å². The highest BCUT2D eigenvalue weighted by molar-refractivity contribution is 5.53. The van der Waals surface area contributed by atoms with Gasteiger partial charge < -0.3 is 4.74 Å². The second kappa shape index (κ2) is 7.51. The molecular formula is C19H23N5O2. The first-order valence-corrected chi connectivity index (χ1v) is 8.67. The number of aryl methyl sites for hydroxylation is 1. The summed E-state index contributed by atoms with van der Waals surface area (Å²) in [6, 6.07) is 10.8. The molecule has 7 nitrogen and oxygen atoms in total. The Labute approximate surface area is 152 Å². The van der Waals surface area contributed by atoms with Crippen LogP contribution in [0.2, 0.25) is 0 Å². The molecule has 0 radical (unpaired) electrons. The van der Waals surface area contributed by atoms with Crippen LogP contribution in [0.25, 0.3) is 17.2 Å². The number of hydrogen-bond donors (Lipinski definition) is 0. The van der Waals surface area contributed by atoms with Gasteiger partial charge in [0.25, 0.3) is 5.56 Å². The molecule has 0 fully saturated rings. The van der Waals surface area contributed by atoms with Crippen molar-refractivity contribution < 1.29 is 4.74 Å². The van der Waals surface area contributed by atoms with Gasteiger partial charge in [-0.25, -0.2) is 14.3 Å². The maximum absolute atomic E-state index is 11.7. The fourth-order valence-corrected chi connectivity index (χ4v) is 2.59. The van der Waals surface area contributed by atoms with E-state index in [1.54, 1.807) is 24.9 Å². The van der Waals surface area contributed by atoms with Gasteiger partial charge in [-0.3, -0.25) is 4.79 Å². The Kier molecular flexibility index (Phi) is 5.16. The average Bonchev–Trinajstić information content (AvgIpc) is 3.07. The van der Waals surface area contributed by atoms with Gasteiger partial charge in [0.2, 0.25) is 0 Å². The van der Waals surface area contributed by atoms with Gasteiger partial charge in [-0.05, 0) is 36.2 Å². The smallest absolute Gasteiger partial charge is 0.266 e. The Morgan fingerprint density at radius 2 is 1.85 bits per heavy atom. The van der Waals surface area contributed by atoms with Crippen molar-refractivity contribution >= 4 is 0 Å². The van der Waals surface area contributed by atoms with Crippen LogP contribution in [0.1, 0.15) is 26.1 Å². The van der Waals surface area contributed by atoms with Gasteiger partial charge in [0.05, 0.1) is 12.8 Å². The highest BCUT2D eigenvalue weighted by Gasteiger charge is 2.17. The topological polar surface area (TPSA) is 74.8 Å². The summed E-state index contributed by atoms with van der Waals surface area (Å²) < 4.78 is 8.30. The van der Waals surface area contributed by atoms with Gasteiger partial charge in [-0.2, -0.15) is 10.2 Å². The largest absolute Gasteiger partial charge is 0.497 e. The molecule has 2 aromatic heterocycles. The van der Waals surface area contributed by atoms with Crippen molar-refractivity contribution in [2.75, 3.05) is 7.11 Å². The molecule has 0 aliphatic rings. The van der Waals surface area contributed by atoms with Crippen molar-refractivity contribution in [1.29, 1.82) is 0 Å². The van der Waals surface area contributed by atoms with Gasteiger partial charge in [0, 0.05) is 19.5 Å². The Morgan fingerprint density at radius 1 is 1.12 bits per heavy atom. The van der Waals surface area contributed by atoms with E-state index in [2.05, 4.69) is 24.0 Å². The minimum Gasteiger partial charge on any atom is -0.497 e. The quantitative estimate of drug-likeness (QED) is 0.681. The zero-order chi connectivity index (χ0) is 18.7. The lowest BCUT2D eigenvalue weighted by atomic mass is 10.1. The number of methoxy groups -OCH3 is 1. The molecule has 26 heavy (non-hydrogen) atoms. The van der Waals surface area contributed by atoms with E-state index in [9.17, 15) is 4.79 Å². The molecule has 1 aromatic carbocycles. The average molecular weight is 353 g/mol. The van der Waals surface area contributed by atoms with Crippen LogP contribution in [0.15, 0.2) is 41.2 Å². The van der Waals surface area contributed by atoms with Gasteiger partial charge in [-0.1, -0.05) is 20.3 Å². The molecule has 0 bridgehead atoms. The van der Waals surface area contributed by atoms with Crippen LogP contribution < -0.4 is 10.3 Å². The van der Waals surface area contributed by atoms with E-state index >= 15 is 0 Å². The summed E-state index contributed by atoms with van der Waals surface area (Å²) in [7, 11) is 3.26. The second-order valence-corrected chi connectivity index (χ2v) is 6.36. The molecule has 0 spiro atoms. The lowest BCUT2D eigenvalue weighted by molar-refractivity contribution is 0.414. The van der Waals surface area contributed by atoms with Gasteiger partial charge in [0.15, 0.2) is 11.6 Å². The van der Waals surface area contributed by atoms with Gasteiger partial charge in [0.1, 0.15) is 11.4 Å². The standard InChI is InChI=1S/C19H23N5O2/c1-5-13(2)12-17-20-19(16-10-11-18(25)23(3)21-16)24(22-17)14-6-8-15(26-4)9-7-14/h6-11,13H,5,12H2,1-4H3. The number of aromatic nitrogens is 5. The summed E-state index contributed by atoms with van der Waals surface area (Å²) in [6.45, 7) is 4.33. The SMILES string of the molecule is CCC(C)Cc1nc(-c2ccc(=O)n(C)n2)n(-c2ccc(OC)cc2)n1. The number of ether oxygens (including phenoxy) is 1. The molecule has 3 aromatic rings. The zero-order valence-electron chi connectivity index (χ0n) is 15.5. The Bertz CT molecular complexity index is 943. The lowest BCUT2D eigenvalue weighted by Gasteiger charge is -2.07. The molecule has 3 rings (SSSR count).